The molecular formula is C11H12N2O3. The molecule has 1 aromatic rings. The maximum absolute atomic E-state index is 8.57. The van der Waals surface area contributed by atoms with Gasteiger partial charge in [0.2, 0.25) is 0 Å². The van der Waals surface area contributed by atoms with Crippen LogP contribution in [0, 0.1) is 0 Å². The van der Waals surface area contributed by atoms with E-state index >= 15 is 0 Å². The molecule has 1 aromatic carbocycles. The number of benzene rings is 1. The van der Waals surface area contributed by atoms with Gasteiger partial charge in [-0.3, -0.25) is 4.99 Å². The van der Waals surface area contributed by atoms with Gasteiger partial charge in [-0.15, -0.1) is 0 Å². The molecule has 0 radical (unpaired) electrons. The van der Waals surface area contributed by atoms with E-state index in [1.54, 1.807) is 7.05 Å². The maximum atomic E-state index is 8.57. The molecule has 0 bridgehead atoms. The number of ether oxygens (including phenoxy) is 1. The Morgan fingerprint density at radius 3 is 2.94 bits per heavy atom. The molecule has 0 aliphatic carbocycles. The minimum Gasteiger partial charge on any atom is -0.434 e. The van der Waals surface area contributed by atoms with E-state index in [0.29, 0.717) is 11.6 Å². The van der Waals surface area contributed by atoms with Crippen molar-refractivity contribution in [3.8, 4) is 5.75 Å². The molecule has 16 heavy (non-hydrogen) atoms. The minimum atomic E-state index is -0.0810. The zero-order valence-corrected chi connectivity index (χ0v) is 8.88. The molecule has 2 rings (SSSR count). The lowest BCUT2D eigenvalue weighted by Crippen LogP contribution is -2.14. The van der Waals surface area contributed by atoms with Gasteiger partial charge in [0.05, 0.1) is 6.61 Å². The quantitative estimate of drug-likeness (QED) is 0.606. The number of hydrogen-bond donors (Lipinski definition) is 1. The molecule has 0 spiro atoms. The number of aliphatic hydroxyl groups excluding tert-OH is 1. The van der Waals surface area contributed by atoms with Crippen molar-refractivity contribution in [1.82, 2.24) is 0 Å². The van der Waals surface area contributed by atoms with Crippen molar-refractivity contribution in [3.05, 3.63) is 29.8 Å². The Labute approximate surface area is 93.0 Å². The SMILES string of the molecule is C/N=C1\C(=N\OCCO)Oc2ccccc21. The number of hydrogen-bond acceptors (Lipinski definition) is 5. The number of aliphatic hydroxyl groups is 1. The van der Waals surface area contributed by atoms with E-state index in [0.717, 1.165) is 11.3 Å². The zero-order valence-electron chi connectivity index (χ0n) is 8.88. The molecule has 0 amide bonds. The lowest BCUT2D eigenvalue weighted by molar-refractivity contribution is 0.0961. The molecule has 0 saturated carbocycles. The zero-order chi connectivity index (χ0) is 11.4. The summed E-state index contributed by atoms with van der Waals surface area (Å²) in [4.78, 5) is 8.97. The molecule has 1 heterocycles. The van der Waals surface area contributed by atoms with Crippen LogP contribution >= 0.6 is 0 Å². The molecule has 0 atom stereocenters. The molecule has 1 N–H and O–H groups in total. The van der Waals surface area contributed by atoms with Gasteiger partial charge in [0.25, 0.3) is 5.90 Å². The third-order valence-corrected chi connectivity index (χ3v) is 2.11. The molecule has 0 saturated heterocycles. The number of para-hydroxylation sites is 1. The van der Waals surface area contributed by atoms with Crippen molar-refractivity contribution in [1.29, 1.82) is 0 Å². The second kappa shape index (κ2) is 4.76. The summed E-state index contributed by atoms with van der Waals surface area (Å²) >= 11 is 0. The summed E-state index contributed by atoms with van der Waals surface area (Å²) in [6, 6.07) is 7.54. The molecule has 84 valence electrons. The van der Waals surface area contributed by atoms with Crippen molar-refractivity contribution >= 4 is 11.6 Å². The summed E-state index contributed by atoms with van der Waals surface area (Å²) in [5.41, 5.74) is 1.56. The first-order chi connectivity index (χ1) is 7.86. The van der Waals surface area contributed by atoms with E-state index in [1.165, 1.54) is 0 Å². The first-order valence-corrected chi connectivity index (χ1v) is 4.92. The van der Waals surface area contributed by atoms with Gasteiger partial charge in [0.1, 0.15) is 18.1 Å². The molecule has 5 nitrogen and oxygen atoms in total. The summed E-state index contributed by atoms with van der Waals surface area (Å²) in [7, 11) is 1.67. The second-order valence-corrected chi connectivity index (χ2v) is 3.12. The Hall–Kier alpha value is -1.88. The highest BCUT2D eigenvalue weighted by Gasteiger charge is 2.26. The van der Waals surface area contributed by atoms with Gasteiger partial charge < -0.3 is 14.7 Å². The normalized spacial score (nSPS) is 18.6. The largest absolute Gasteiger partial charge is 0.434 e. The van der Waals surface area contributed by atoms with E-state index in [2.05, 4.69) is 10.1 Å². The maximum Gasteiger partial charge on any atom is 0.282 e. The Balaban J connectivity index is 2.25. The monoisotopic (exact) mass is 220 g/mol. The smallest absolute Gasteiger partial charge is 0.282 e. The third-order valence-electron chi connectivity index (χ3n) is 2.11. The Morgan fingerprint density at radius 1 is 1.38 bits per heavy atom. The molecule has 5 heteroatoms. The van der Waals surface area contributed by atoms with Crippen molar-refractivity contribution < 1.29 is 14.7 Å². The van der Waals surface area contributed by atoms with E-state index in [4.69, 9.17) is 14.7 Å². The van der Waals surface area contributed by atoms with Crippen LogP contribution in [0.2, 0.25) is 0 Å². The van der Waals surface area contributed by atoms with E-state index < -0.39 is 0 Å². The van der Waals surface area contributed by atoms with Crippen molar-refractivity contribution in [2.24, 2.45) is 10.1 Å². The van der Waals surface area contributed by atoms with E-state index in [-0.39, 0.29) is 13.2 Å². The number of nitrogens with zero attached hydrogens (tertiary/aromatic N) is 2. The predicted octanol–water partition coefficient (Wildman–Crippen LogP) is 0.820. The van der Waals surface area contributed by atoms with Gasteiger partial charge in [-0.05, 0) is 17.3 Å². The lowest BCUT2D eigenvalue weighted by Gasteiger charge is -1.98. The minimum absolute atomic E-state index is 0.0810. The molecular weight excluding hydrogens is 208 g/mol. The molecule has 0 aromatic heterocycles. The van der Waals surface area contributed by atoms with Crippen LogP contribution < -0.4 is 4.74 Å². The Kier molecular flexibility index (Phi) is 3.16. The van der Waals surface area contributed by atoms with Crippen LogP contribution in [-0.4, -0.2) is 37.0 Å². The van der Waals surface area contributed by atoms with Crippen molar-refractivity contribution in [3.63, 3.8) is 0 Å². The van der Waals surface area contributed by atoms with Crippen LogP contribution in [0.4, 0.5) is 0 Å². The fourth-order valence-corrected chi connectivity index (χ4v) is 1.44. The van der Waals surface area contributed by atoms with Gasteiger partial charge in [0.15, 0.2) is 0 Å². The predicted molar refractivity (Wildman–Crippen MR) is 60.0 cm³/mol. The fourth-order valence-electron chi connectivity index (χ4n) is 1.44. The van der Waals surface area contributed by atoms with Crippen LogP contribution in [0.1, 0.15) is 5.56 Å². The highest BCUT2D eigenvalue weighted by atomic mass is 16.7. The number of rotatable bonds is 3. The highest BCUT2D eigenvalue weighted by Crippen LogP contribution is 2.26. The average Bonchev–Trinajstić information content (AvgIpc) is 2.67. The van der Waals surface area contributed by atoms with E-state index in [1.807, 2.05) is 24.3 Å². The van der Waals surface area contributed by atoms with Gasteiger partial charge in [-0.25, -0.2) is 0 Å². The summed E-state index contributed by atoms with van der Waals surface area (Å²) in [6.45, 7) is 0.0581. The fraction of sp³-hybridized carbons (Fsp3) is 0.273. The van der Waals surface area contributed by atoms with Crippen LogP contribution in [0.5, 0.6) is 5.75 Å². The van der Waals surface area contributed by atoms with Crippen molar-refractivity contribution in [2.75, 3.05) is 20.3 Å². The summed E-state index contributed by atoms with van der Waals surface area (Å²) in [6.07, 6.45) is 0. The Bertz CT molecular complexity index is 441. The summed E-state index contributed by atoms with van der Waals surface area (Å²) in [5, 5.41) is 12.4. The number of aliphatic imine (C=N–C) groups is 1. The topological polar surface area (TPSA) is 63.4 Å². The van der Waals surface area contributed by atoms with Crippen LogP contribution in [0.15, 0.2) is 34.4 Å². The Morgan fingerprint density at radius 2 is 2.19 bits per heavy atom. The number of fused-ring (bicyclic) bond motifs is 1. The standard InChI is InChI=1S/C11H12N2O3/c1-12-10-8-4-2-3-5-9(8)16-11(10)13-15-7-6-14/h2-5,14H,6-7H2,1H3/b12-10-,13-11-. The van der Waals surface area contributed by atoms with Crippen LogP contribution in [0.25, 0.3) is 0 Å². The van der Waals surface area contributed by atoms with E-state index in [9.17, 15) is 0 Å². The third kappa shape index (κ3) is 1.90. The molecule has 1 aliphatic heterocycles. The second-order valence-electron chi connectivity index (χ2n) is 3.12. The van der Waals surface area contributed by atoms with Gasteiger partial charge in [-0.2, -0.15) is 0 Å². The first kappa shape index (κ1) is 10.6. The average molecular weight is 220 g/mol. The number of oxime groups is 1. The van der Waals surface area contributed by atoms with Gasteiger partial charge in [-0.1, -0.05) is 12.1 Å². The first-order valence-electron chi connectivity index (χ1n) is 4.92. The van der Waals surface area contributed by atoms with Gasteiger partial charge in [0, 0.05) is 12.6 Å². The van der Waals surface area contributed by atoms with Gasteiger partial charge >= 0.3 is 0 Å². The molecule has 1 aliphatic rings. The highest BCUT2D eigenvalue weighted by molar-refractivity contribution is 6.48. The molecule has 0 fully saturated rings. The van der Waals surface area contributed by atoms with Crippen LogP contribution in [-0.2, 0) is 4.84 Å². The van der Waals surface area contributed by atoms with Crippen molar-refractivity contribution in [2.45, 2.75) is 0 Å². The lowest BCUT2D eigenvalue weighted by atomic mass is 10.1. The summed E-state index contributed by atoms with van der Waals surface area (Å²) < 4.78 is 5.47. The molecule has 0 unspecified atom stereocenters. The summed E-state index contributed by atoms with van der Waals surface area (Å²) in [5.74, 6) is 1.05. The van der Waals surface area contributed by atoms with Crippen LogP contribution in [0.3, 0.4) is 0 Å².